The Balaban J connectivity index is 2.01. The maximum atomic E-state index is 12.6. The number of anilines is 1. The summed E-state index contributed by atoms with van der Waals surface area (Å²) < 4.78 is 10.9. The van der Waals surface area contributed by atoms with Gasteiger partial charge in [-0.15, -0.1) is 0 Å². The van der Waals surface area contributed by atoms with Crippen molar-refractivity contribution in [1.29, 1.82) is 0 Å². The normalized spacial score (nSPS) is 10.8. The molecule has 0 saturated heterocycles. The highest BCUT2D eigenvalue weighted by atomic mass is 16.6. The van der Waals surface area contributed by atoms with Gasteiger partial charge in [-0.3, -0.25) is 14.9 Å². The topological polar surface area (TPSA) is 106 Å². The third kappa shape index (κ3) is 7.51. The van der Waals surface area contributed by atoms with Crippen molar-refractivity contribution in [3.8, 4) is 5.75 Å². The highest BCUT2D eigenvalue weighted by Crippen LogP contribution is 2.25. The second kappa shape index (κ2) is 13.3. The van der Waals surface area contributed by atoms with E-state index < -0.39 is 10.8 Å². The van der Waals surface area contributed by atoms with E-state index in [1.807, 2.05) is 24.3 Å². The van der Waals surface area contributed by atoms with Crippen LogP contribution in [-0.2, 0) is 11.3 Å². The molecule has 0 saturated carbocycles. The van der Waals surface area contributed by atoms with Gasteiger partial charge in [-0.05, 0) is 31.3 Å². The third-order valence-electron chi connectivity index (χ3n) is 5.05. The summed E-state index contributed by atoms with van der Waals surface area (Å²) in [4.78, 5) is 25.8. The number of methoxy groups -OCH3 is 1. The molecule has 1 amide bonds. The lowest BCUT2D eigenvalue weighted by Gasteiger charge is -2.19. The average molecular weight is 445 g/mol. The van der Waals surface area contributed by atoms with Gasteiger partial charge in [-0.2, -0.15) is 0 Å². The minimum absolute atomic E-state index is 0.158. The van der Waals surface area contributed by atoms with Crippen LogP contribution in [0.25, 0.3) is 0 Å². The Kier molecular flexibility index (Phi) is 10.4. The first-order chi connectivity index (χ1) is 15.5. The van der Waals surface area contributed by atoms with Crippen LogP contribution in [0, 0.1) is 10.1 Å². The highest BCUT2D eigenvalue weighted by Gasteiger charge is 2.17. The van der Waals surface area contributed by atoms with E-state index in [2.05, 4.69) is 29.4 Å². The predicted octanol–water partition coefficient (Wildman–Crippen LogP) is 3.30. The first kappa shape index (κ1) is 25.1. The van der Waals surface area contributed by atoms with Crippen molar-refractivity contribution in [2.45, 2.75) is 20.4 Å². The van der Waals surface area contributed by atoms with Gasteiger partial charge in [0, 0.05) is 43.9 Å². The van der Waals surface area contributed by atoms with E-state index in [-0.39, 0.29) is 17.8 Å². The summed E-state index contributed by atoms with van der Waals surface area (Å²) in [7, 11) is 1.55. The molecule has 0 aliphatic heterocycles. The van der Waals surface area contributed by atoms with Crippen LogP contribution in [0.5, 0.6) is 5.75 Å². The van der Waals surface area contributed by atoms with Crippen molar-refractivity contribution in [1.82, 2.24) is 10.2 Å². The Labute approximate surface area is 188 Å². The smallest absolute Gasteiger partial charge is 0.293 e. The summed E-state index contributed by atoms with van der Waals surface area (Å²) in [6.07, 6.45) is 0. The summed E-state index contributed by atoms with van der Waals surface area (Å²) in [5.74, 6) is 0.318. The first-order valence-corrected chi connectivity index (χ1v) is 10.7. The monoisotopic (exact) mass is 444 g/mol. The predicted molar refractivity (Wildman–Crippen MR) is 124 cm³/mol. The molecule has 0 heterocycles. The Morgan fingerprint density at radius 1 is 1.12 bits per heavy atom. The molecule has 0 bridgehead atoms. The summed E-state index contributed by atoms with van der Waals surface area (Å²) in [5, 5.41) is 17.2. The van der Waals surface area contributed by atoms with Gasteiger partial charge in [0.15, 0.2) is 0 Å². The number of hydrogen-bond donors (Lipinski definition) is 2. The molecule has 0 fully saturated rings. The summed E-state index contributed by atoms with van der Waals surface area (Å²) in [6.45, 7) is 8.61. The maximum Gasteiger partial charge on any atom is 0.293 e. The van der Waals surface area contributed by atoms with Crippen molar-refractivity contribution < 1.29 is 19.2 Å². The molecule has 0 spiro atoms. The Bertz CT molecular complexity index is 886. The van der Waals surface area contributed by atoms with Crippen LogP contribution in [0.2, 0.25) is 0 Å². The molecule has 0 aliphatic rings. The first-order valence-electron chi connectivity index (χ1n) is 10.7. The highest BCUT2D eigenvalue weighted by molar-refractivity contribution is 5.95. The number of likely N-dealkylation sites (N-methyl/N-ethyl adjacent to an activating group) is 1. The Hall–Kier alpha value is -3.17. The van der Waals surface area contributed by atoms with Crippen LogP contribution in [0.3, 0.4) is 0 Å². The molecular weight excluding hydrogens is 412 g/mol. The molecule has 2 aromatic carbocycles. The van der Waals surface area contributed by atoms with E-state index in [4.69, 9.17) is 9.47 Å². The quantitative estimate of drug-likeness (QED) is 0.262. The molecule has 0 aromatic heterocycles. The van der Waals surface area contributed by atoms with Crippen molar-refractivity contribution in [2.24, 2.45) is 0 Å². The van der Waals surface area contributed by atoms with Gasteiger partial charge < -0.3 is 25.0 Å². The maximum absolute atomic E-state index is 12.6. The molecule has 2 N–H and O–H groups in total. The van der Waals surface area contributed by atoms with E-state index >= 15 is 0 Å². The zero-order chi connectivity index (χ0) is 23.3. The van der Waals surface area contributed by atoms with Crippen molar-refractivity contribution in [3.05, 3.63) is 63.7 Å². The fraction of sp³-hybridized carbons (Fsp3) is 0.435. The summed E-state index contributed by atoms with van der Waals surface area (Å²) >= 11 is 0. The average Bonchev–Trinajstić information content (AvgIpc) is 2.81. The molecule has 32 heavy (non-hydrogen) atoms. The molecule has 2 aromatic rings. The van der Waals surface area contributed by atoms with Crippen LogP contribution in [0.15, 0.2) is 42.5 Å². The molecule has 0 unspecified atom stereocenters. The lowest BCUT2D eigenvalue weighted by molar-refractivity contribution is -0.384. The van der Waals surface area contributed by atoms with Gasteiger partial charge in [0.1, 0.15) is 18.0 Å². The van der Waals surface area contributed by atoms with Crippen LogP contribution in [0.4, 0.5) is 11.4 Å². The Morgan fingerprint density at radius 3 is 2.56 bits per heavy atom. The molecule has 0 radical (unpaired) electrons. The van der Waals surface area contributed by atoms with Gasteiger partial charge in [0.05, 0.1) is 11.5 Å². The van der Waals surface area contributed by atoms with Crippen molar-refractivity contribution >= 4 is 17.3 Å². The van der Waals surface area contributed by atoms with Crippen LogP contribution >= 0.6 is 0 Å². The van der Waals surface area contributed by atoms with Gasteiger partial charge in [0.25, 0.3) is 11.6 Å². The lowest BCUT2D eigenvalue weighted by atomic mass is 10.1. The molecule has 0 aliphatic carbocycles. The van der Waals surface area contributed by atoms with Crippen molar-refractivity contribution in [3.63, 3.8) is 0 Å². The zero-order valence-corrected chi connectivity index (χ0v) is 18.9. The number of carbonyl (C=O) groups excluding carboxylic acids is 1. The number of rotatable bonds is 14. The van der Waals surface area contributed by atoms with E-state index in [1.54, 1.807) is 13.2 Å². The molecule has 2 rings (SSSR count). The van der Waals surface area contributed by atoms with Crippen LogP contribution < -0.4 is 15.4 Å². The summed E-state index contributed by atoms with van der Waals surface area (Å²) in [5.41, 5.74) is 1.24. The number of hydrogen-bond acceptors (Lipinski definition) is 7. The molecule has 9 nitrogen and oxygen atoms in total. The third-order valence-corrected chi connectivity index (χ3v) is 5.05. The van der Waals surface area contributed by atoms with Gasteiger partial charge >= 0.3 is 0 Å². The second-order valence-electron chi connectivity index (χ2n) is 7.07. The number of ether oxygens (including phenoxy) is 2. The number of para-hydroxylation sites is 1. The number of nitrogens with zero attached hydrogens (tertiary/aromatic N) is 2. The van der Waals surface area contributed by atoms with Crippen molar-refractivity contribution in [2.75, 3.05) is 51.8 Å². The van der Waals surface area contributed by atoms with E-state index in [1.165, 1.54) is 12.1 Å². The number of nitro benzene ring substituents is 1. The standard InChI is InChI=1S/C23H32N4O5/c1-4-26(5-2)13-15-32-22-9-7-6-8-19(22)17-25-23(28)18-10-11-20(24-12-14-31-3)21(16-18)27(29)30/h6-11,16,24H,4-5,12-15,17H2,1-3H3,(H,25,28). The largest absolute Gasteiger partial charge is 0.492 e. The Morgan fingerprint density at radius 2 is 1.88 bits per heavy atom. The minimum Gasteiger partial charge on any atom is -0.492 e. The number of carbonyl (C=O) groups is 1. The number of benzene rings is 2. The molecule has 0 atom stereocenters. The lowest BCUT2D eigenvalue weighted by Crippen LogP contribution is -2.28. The van der Waals surface area contributed by atoms with E-state index in [0.717, 1.165) is 25.2 Å². The van der Waals surface area contributed by atoms with Gasteiger partial charge in [0.2, 0.25) is 0 Å². The van der Waals surface area contributed by atoms with Crippen LogP contribution in [0.1, 0.15) is 29.8 Å². The fourth-order valence-corrected chi connectivity index (χ4v) is 3.15. The van der Waals surface area contributed by atoms with E-state index in [9.17, 15) is 14.9 Å². The second-order valence-corrected chi connectivity index (χ2v) is 7.07. The van der Waals surface area contributed by atoms with Gasteiger partial charge in [-0.1, -0.05) is 32.0 Å². The zero-order valence-electron chi connectivity index (χ0n) is 18.9. The van der Waals surface area contributed by atoms with Gasteiger partial charge in [-0.25, -0.2) is 0 Å². The van der Waals surface area contributed by atoms with Crippen LogP contribution in [-0.4, -0.2) is 62.2 Å². The number of nitrogens with one attached hydrogen (secondary N) is 2. The number of amides is 1. The fourth-order valence-electron chi connectivity index (χ4n) is 3.15. The minimum atomic E-state index is -0.509. The SMILES string of the molecule is CCN(CC)CCOc1ccccc1CNC(=O)c1ccc(NCCOC)c([N+](=O)[O-])c1. The van der Waals surface area contributed by atoms with E-state index in [0.29, 0.717) is 31.2 Å². The summed E-state index contributed by atoms with van der Waals surface area (Å²) in [6, 6.07) is 11.9. The molecule has 9 heteroatoms. The molecule has 174 valence electrons. The molecular formula is C23H32N4O5. The number of nitro groups is 1.